The van der Waals surface area contributed by atoms with Gasteiger partial charge < -0.3 is 15.8 Å². The summed E-state index contributed by atoms with van der Waals surface area (Å²) in [4.78, 5) is 48.2. The van der Waals surface area contributed by atoms with Crippen molar-refractivity contribution < 1.29 is 23.9 Å². The molecule has 8 heteroatoms. The highest BCUT2D eigenvalue weighted by Gasteiger charge is 2.49. The molecule has 1 aliphatic rings. The molecule has 2 rings (SSSR count). The largest absolute Gasteiger partial charge is 0.451 e. The van der Waals surface area contributed by atoms with E-state index in [2.05, 4.69) is 5.32 Å². The molecule has 3 N–H and O–H groups in total. The SMILES string of the molecule is Cc1ccc([C@@]2(C)NC(=O)N(CC(=O)O[C@@H](C)C(N)=O)C2=O)cc1. The van der Waals surface area contributed by atoms with Crippen LogP contribution in [-0.4, -0.2) is 41.4 Å². The summed E-state index contributed by atoms with van der Waals surface area (Å²) in [5.41, 5.74) is 5.36. The van der Waals surface area contributed by atoms with E-state index in [0.717, 1.165) is 10.5 Å². The van der Waals surface area contributed by atoms with Crippen LogP contribution in [0.15, 0.2) is 24.3 Å². The number of amides is 4. The third kappa shape index (κ3) is 3.22. The molecule has 4 amide bonds. The van der Waals surface area contributed by atoms with E-state index in [-0.39, 0.29) is 0 Å². The van der Waals surface area contributed by atoms with Crippen LogP contribution in [0.2, 0.25) is 0 Å². The van der Waals surface area contributed by atoms with Gasteiger partial charge in [-0.2, -0.15) is 0 Å². The number of esters is 1. The zero-order chi connectivity index (χ0) is 18.1. The molecule has 0 bridgehead atoms. The van der Waals surface area contributed by atoms with E-state index in [0.29, 0.717) is 5.56 Å². The monoisotopic (exact) mass is 333 g/mol. The molecule has 0 spiro atoms. The van der Waals surface area contributed by atoms with Gasteiger partial charge in [0.1, 0.15) is 12.1 Å². The third-order valence-electron chi connectivity index (χ3n) is 3.90. The lowest BCUT2D eigenvalue weighted by molar-refractivity contribution is -0.155. The van der Waals surface area contributed by atoms with Crippen molar-refractivity contribution >= 4 is 23.8 Å². The smallest absolute Gasteiger partial charge is 0.327 e. The van der Waals surface area contributed by atoms with Gasteiger partial charge in [0, 0.05) is 0 Å². The molecule has 128 valence electrons. The van der Waals surface area contributed by atoms with Crippen molar-refractivity contribution in [3.63, 3.8) is 0 Å². The normalized spacial score (nSPS) is 21.4. The summed E-state index contributed by atoms with van der Waals surface area (Å²) in [5.74, 6) is -2.27. The number of rotatable bonds is 5. The second-order valence-electron chi connectivity index (χ2n) is 5.85. The summed E-state index contributed by atoms with van der Waals surface area (Å²) < 4.78 is 4.77. The van der Waals surface area contributed by atoms with Crippen molar-refractivity contribution in [3.8, 4) is 0 Å². The lowest BCUT2D eigenvalue weighted by Gasteiger charge is -2.22. The first-order valence-electron chi connectivity index (χ1n) is 7.35. The number of aryl methyl sites for hydroxylation is 1. The van der Waals surface area contributed by atoms with E-state index < -0.39 is 42.0 Å². The molecular weight excluding hydrogens is 314 g/mol. The van der Waals surface area contributed by atoms with Crippen LogP contribution in [0.25, 0.3) is 0 Å². The Labute approximate surface area is 138 Å². The fourth-order valence-electron chi connectivity index (χ4n) is 2.34. The van der Waals surface area contributed by atoms with E-state index >= 15 is 0 Å². The summed E-state index contributed by atoms with van der Waals surface area (Å²) in [6.07, 6.45) is -1.14. The summed E-state index contributed by atoms with van der Waals surface area (Å²) in [6, 6.07) is 6.43. The molecule has 1 aromatic carbocycles. The van der Waals surface area contributed by atoms with E-state index in [1.54, 1.807) is 19.1 Å². The standard InChI is InChI=1S/C16H19N3O5/c1-9-4-6-11(7-5-9)16(3)14(22)19(15(23)18-16)8-12(20)24-10(2)13(17)21/h4-7,10H,8H2,1-3H3,(H2,17,21)(H,18,23)/t10-,16+/m0/s1. The molecule has 1 fully saturated rings. The molecule has 2 atom stereocenters. The minimum absolute atomic E-state index is 0.569. The maximum atomic E-state index is 12.6. The fraction of sp³-hybridized carbons (Fsp3) is 0.375. The van der Waals surface area contributed by atoms with E-state index in [4.69, 9.17) is 10.5 Å². The Morgan fingerprint density at radius 3 is 2.42 bits per heavy atom. The zero-order valence-corrected chi connectivity index (χ0v) is 13.7. The molecule has 24 heavy (non-hydrogen) atoms. The van der Waals surface area contributed by atoms with Gasteiger partial charge in [-0.1, -0.05) is 29.8 Å². The summed E-state index contributed by atoms with van der Waals surface area (Å²) >= 11 is 0. The van der Waals surface area contributed by atoms with Gasteiger partial charge in [-0.3, -0.25) is 19.3 Å². The first kappa shape index (κ1) is 17.5. The number of ether oxygens (including phenoxy) is 1. The number of benzene rings is 1. The first-order chi connectivity index (χ1) is 11.1. The van der Waals surface area contributed by atoms with Crippen LogP contribution in [0, 0.1) is 6.92 Å². The topological polar surface area (TPSA) is 119 Å². The van der Waals surface area contributed by atoms with Crippen molar-refractivity contribution in [1.29, 1.82) is 0 Å². The maximum absolute atomic E-state index is 12.6. The number of urea groups is 1. The number of carbonyl (C=O) groups excluding carboxylic acids is 4. The van der Waals surface area contributed by atoms with E-state index in [1.165, 1.54) is 6.92 Å². The van der Waals surface area contributed by atoms with Crippen LogP contribution < -0.4 is 11.1 Å². The van der Waals surface area contributed by atoms with Crippen molar-refractivity contribution in [2.45, 2.75) is 32.4 Å². The van der Waals surface area contributed by atoms with Crippen molar-refractivity contribution in [1.82, 2.24) is 10.2 Å². The van der Waals surface area contributed by atoms with Gasteiger partial charge in [0.25, 0.3) is 11.8 Å². The second-order valence-corrected chi connectivity index (χ2v) is 5.85. The highest BCUT2D eigenvalue weighted by atomic mass is 16.5. The Morgan fingerprint density at radius 1 is 1.29 bits per heavy atom. The Hall–Kier alpha value is -2.90. The molecule has 8 nitrogen and oxygen atoms in total. The van der Waals surface area contributed by atoms with Crippen LogP contribution in [0.4, 0.5) is 4.79 Å². The van der Waals surface area contributed by atoms with E-state index in [9.17, 15) is 19.2 Å². The molecule has 1 aromatic rings. The van der Waals surface area contributed by atoms with Crippen molar-refractivity contribution in [2.24, 2.45) is 5.73 Å². The summed E-state index contributed by atoms with van der Waals surface area (Å²) in [5, 5.41) is 2.59. The maximum Gasteiger partial charge on any atom is 0.327 e. The van der Waals surface area contributed by atoms with Gasteiger partial charge in [-0.05, 0) is 26.3 Å². The molecule has 0 saturated carbocycles. The number of nitrogens with zero attached hydrogens (tertiary/aromatic N) is 1. The van der Waals surface area contributed by atoms with Gasteiger partial charge in [-0.25, -0.2) is 4.79 Å². The molecule has 1 heterocycles. The lowest BCUT2D eigenvalue weighted by atomic mass is 9.91. The van der Waals surface area contributed by atoms with Crippen LogP contribution in [0.5, 0.6) is 0 Å². The van der Waals surface area contributed by atoms with Crippen molar-refractivity contribution in [3.05, 3.63) is 35.4 Å². The van der Waals surface area contributed by atoms with Crippen LogP contribution in [-0.2, 0) is 24.7 Å². The molecule has 0 aliphatic carbocycles. The van der Waals surface area contributed by atoms with Crippen LogP contribution >= 0.6 is 0 Å². The lowest BCUT2D eigenvalue weighted by Crippen LogP contribution is -2.42. The minimum Gasteiger partial charge on any atom is -0.451 e. The number of hydrogen-bond acceptors (Lipinski definition) is 5. The predicted octanol–water partition coefficient (Wildman–Crippen LogP) is 0.179. The molecular formula is C16H19N3O5. The van der Waals surface area contributed by atoms with Crippen LogP contribution in [0.3, 0.4) is 0 Å². The van der Waals surface area contributed by atoms with E-state index in [1.807, 2.05) is 19.1 Å². The first-order valence-corrected chi connectivity index (χ1v) is 7.35. The van der Waals surface area contributed by atoms with Gasteiger partial charge >= 0.3 is 12.0 Å². The Kier molecular flexibility index (Phi) is 4.59. The summed E-state index contributed by atoms with van der Waals surface area (Å²) in [7, 11) is 0. The minimum atomic E-state index is -1.26. The third-order valence-corrected chi connectivity index (χ3v) is 3.90. The number of nitrogens with one attached hydrogen (secondary N) is 1. The number of hydrogen-bond donors (Lipinski definition) is 2. The Balaban J connectivity index is 2.15. The molecule has 1 saturated heterocycles. The highest BCUT2D eigenvalue weighted by molar-refractivity contribution is 6.08. The number of nitrogens with two attached hydrogens (primary N) is 1. The fourth-order valence-corrected chi connectivity index (χ4v) is 2.34. The Bertz CT molecular complexity index is 700. The molecule has 0 unspecified atom stereocenters. The average molecular weight is 333 g/mol. The predicted molar refractivity (Wildman–Crippen MR) is 83.5 cm³/mol. The number of carbonyl (C=O) groups is 4. The van der Waals surface area contributed by atoms with Gasteiger partial charge in [0.15, 0.2) is 6.10 Å². The summed E-state index contributed by atoms with van der Waals surface area (Å²) in [6.45, 7) is 4.19. The zero-order valence-electron chi connectivity index (χ0n) is 13.7. The Morgan fingerprint density at radius 2 is 1.88 bits per heavy atom. The molecule has 0 aromatic heterocycles. The quantitative estimate of drug-likeness (QED) is 0.588. The number of primary amides is 1. The van der Waals surface area contributed by atoms with Crippen LogP contribution in [0.1, 0.15) is 25.0 Å². The highest BCUT2D eigenvalue weighted by Crippen LogP contribution is 2.28. The number of imide groups is 1. The van der Waals surface area contributed by atoms with Gasteiger partial charge in [0.05, 0.1) is 0 Å². The average Bonchev–Trinajstić information content (AvgIpc) is 2.72. The second kappa shape index (κ2) is 6.31. The molecule has 0 radical (unpaired) electrons. The molecule has 1 aliphatic heterocycles. The van der Waals surface area contributed by atoms with Gasteiger partial charge in [-0.15, -0.1) is 0 Å². The van der Waals surface area contributed by atoms with Crippen molar-refractivity contribution in [2.75, 3.05) is 6.54 Å². The van der Waals surface area contributed by atoms with Gasteiger partial charge in [0.2, 0.25) is 0 Å².